The molecule has 5 rings (SSSR count). The molecule has 146 valence electrons. The van der Waals surface area contributed by atoms with E-state index in [-0.39, 0.29) is 0 Å². The van der Waals surface area contributed by atoms with Gasteiger partial charge in [0.15, 0.2) is 0 Å². The molecule has 1 aliphatic rings. The van der Waals surface area contributed by atoms with E-state index in [0.29, 0.717) is 11.9 Å². The molecular formula is C25H25N3O. The van der Waals surface area contributed by atoms with Crippen LogP contribution in [0, 0.1) is 0 Å². The van der Waals surface area contributed by atoms with E-state index in [2.05, 4.69) is 83.0 Å². The normalized spacial score (nSPS) is 17.2. The third kappa shape index (κ3) is 4.09. The maximum atomic E-state index is 5.81. The number of nitrogens with zero attached hydrogens (tertiary/aromatic N) is 2. The van der Waals surface area contributed by atoms with Crippen molar-refractivity contribution in [2.45, 2.75) is 25.6 Å². The van der Waals surface area contributed by atoms with Crippen molar-refractivity contribution in [1.29, 1.82) is 0 Å². The third-order valence-electron chi connectivity index (χ3n) is 5.67. The second kappa shape index (κ2) is 8.19. The standard InChI is InChI=1S/C25H25N3O/c1-2-7-19(8-3-1)16-28-14-13-21(17-28)26-15-22-18-29-25(27-22)24-12-6-10-20-9-4-5-11-23(20)24/h1-12,18,21,26H,13-17H2. The molecule has 4 aromatic rings. The van der Waals surface area contributed by atoms with E-state index in [4.69, 9.17) is 9.40 Å². The fraction of sp³-hybridized carbons (Fsp3) is 0.240. The lowest BCUT2D eigenvalue weighted by atomic mass is 10.0. The van der Waals surface area contributed by atoms with Gasteiger partial charge in [0.2, 0.25) is 5.89 Å². The molecule has 3 aromatic carbocycles. The fourth-order valence-corrected chi connectivity index (χ4v) is 4.16. The Morgan fingerprint density at radius 3 is 2.72 bits per heavy atom. The second-order valence-electron chi connectivity index (χ2n) is 7.76. The number of benzene rings is 3. The topological polar surface area (TPSA) is 41.3 Å². The molecule has 0 spiro atoms. The highest BCUT2D eigenvalue weighted by molar-refractivity contribution is 5.94. The van der Waals surface area contributed by atoms with Crippen LogP contribution in [0.5, 0.6) is 0 Å². The van der Waals surface area contributed by atoms with Gasteiger partial charge >= 0.3 is 0 Å². The van der Waals surface area contributed by atoms with Crippen molar-refractivity contribution in [2.75, 3.05) is 13.1 Å². The Morgan fingerprint density at radius 1 is 0.966 bits per heavy atom. The van der Waals surface area contributed by atoms with Crippen LogP contribution in [-0.2, 0) is 13.1 Å². The number of hydrogen-bond acceptors (Lipinski definition) is 4. The summed E-state index contributed by atoms with van der Waals surface area (Å²) in [7, 11) is 0. The van der Waals surface area contributed by atoms with E-state index >= 15 is 0 Å². The summed E-state index contributed by atoms with van der Waals surface area (Å²) in [5.41, 5.74) is 3.38. The van der Waals surface area contributed by atoms with E-state index in [9.17, 15) is 0 Å². The molecule has 1 aromatic heterocycles. The van der Waals surface area contributed by atoms with Crippen molar-refractivity contribution in [3.05, 3.63) is 90.3 Å². The minimum atomic E-state index is 0.497. The number of rotatable bonds is 6. The number of aromatic nitrogens is 1. The molecule has 2 heterocycles. The molecule has 0 amide bonds. The van der Waals surface area contributed by atoms with Crippen LogP contribution in [0.4, 0.5) is 0 Å². The molecule has 0 radical (unpaired) electrons. The van der Waals surface area contributed by atoms with E-state index < -0.39 is 0 Å². The first-order chi connectivity index (χ1) is 14.3. The molecule has 1 unspecified atom stereocenters. The van der Waals surface area contributed by atoms with Gasteiger partial charge < -0.3 is 9.73 Å². The summed E-state index contributed by atoms with van der Waals surface area (Å²) < 4.78 is 5.81. The molecule has 0 aliphatic carbocycles. The van der Waals surface area contributed by atoms with Crippen LogP contribution in [0.2, 0.25) is 0 Å². The van der Waals surface area contributed by atoms with Gasteiger partial charge in [-0.15, -0.1) is 0 Å². The Hall–Kier alpha value is -2.95. The van der Waals surface area contributed by atoms with Crippen LogP contribution in [0.3, 0.4) is 0 Å². The van der Waals surface area contributed by atoms with Gasteiger partial charge in [0, 0.05) is 37.8 Å². The molecule has 0 bridgehead atoms. The van der Waals surface area contributed by atoms with Crippen molar-refractivity contribution in [2.24, 2.45) is 0 Å². The van der Waals surface area contributed by atoms with Gasteiger partial charge in [-0.1, -0.05) is 66.7 Å². The summed E-state index contributed by atoms with van der Waals surface area (Å²) >= 11 is 0. The fourth-order valence-electron chi connectivity index (χ4n) is 4.16. The third-order valence-corrected chi connectivity index (χ3v) is 5.67. The van der Waals surface area contributed by atoms with Crippen LogP contribution < -0.4 is 5.32 Å². The number of fused-ring (bicyclic) bond motifs is 1. The summed E-state index contributed by atoms with van der Waals surface area (Å²) in [6.45, 7) is 3.96. The van der Waals surface area contributed by atoms with Crippen molar-refractivity contribution in [1.82, 2.24) is 15.2 Å². The molecule has 1 N–H and O–H groups in total. The Bertz CT molecular complexity index is 1080. The van der Waals surface area contributed by atoms with E-state index in [0.717, 1.165) is 37.4 Å². The van der Waals surface area contributed by atoms with Crippen molar-refractivity contribution >= 4 is 10.8 Å². The average Bonchev–Trinajstić information content (AvgIpc) is 3.42. The monoisotopic (exact) mass is 383 g/mol. The summed E-state index contributed by atoms with van der Waals surface area (Å²) in [6.07, 6.45) is 2.95. The molecule has 1 saturated heterocycles. The second-order valence-corrected chi connectivity index (χ2v) is 7.76. The van der Waals surface area contributed by atoms with Gasteiger partial charge in [-0.05, 0) is 28.8 Å². The maximum Gasteiger partial charge on any atom is 0.226 e. The SMILES string of the molecule is c1ccc(CN2CCC(NCc3coc(-c4cccc5ccccc45)n3)C2)cc1. The quantitative estimate of drug-likeness (QED) is 0.516. The highest BCUT2D eigenvalue weighted by Crippen LogP contribution is 2.28. The first kappa shape index (κ1) is 18.1. The summed E-state index contributed by atoms with van der Waals surface area (Å²) in [6, 6.07) is 25.8. The summed E-state index contributed by atoms with van der Waals surface area (Å²) in [5, 5.41) is 6.02. The lowest BCUT2D eigenvalue weighted by Gasteiger charge is -2.16. The predicted molar refractivity (Wildman–Crippen MR) is 116 cm³/mol. The van der Waals surface area contributed by atoms with E-state index in [1.54, 1.807) is 6.26 Å². The lowest BCUT2D eigenvalue weighted by molar-refractivity contribution is 0.319. The molecule has 4 nitrogen and oxygen atoms in total. The van der Waals surface area contributed by atoms with Crippen LogP contribution in [0.15, 0.2) is 83.5 Å². The minimum Gasteiger partial charge on any atom is -0.444 e. The Kier molecular flexibility index (Phi) is 5.11. The minimum absolute atomic E-state index is 0.497. The molecule has 0 saturated carbocycles. The molecule has 29 heavy (non-hydrogen) atoms. The predicted octanol–water partition coefficient (Wildman–Crippen LogP) is 4.86. The van der Waals surface area contributed by atoms with Gasteiger partial charge in [0.25, 0.3) is 0 Å². The zero-order valence-corrected chi connectivity index (χ0v) is 16.4. The van der Waals surface area contributed by atoms with E-state index in [1.807, 2.05) is 0 Å². The van der Waals surface area contributed by atoms with Gasteiger partial charge in [0.1, 0.15) is 6.26 Å². The Balaban J connectivity index is 1.20. The van der Waals surface area contributed by atoms with Gasteiger partial charge in [0.05, 0.1) is 5.69 Å². The zero-order chi connectivity index (χ0) is 19.5. The van der Waals surface area contributed by atoms with Crippen LogP contribution in [0.25, 0.3) is 22.2 Å². The average molecular weight is 383 g/mol. The zero-order valence-electron chi connectivity index (χ0n) is 16.4. The van der Waals surface area contributed by atoms with Crippen molar-refractivity contribution < 1.29 is 4.42 Å². The molecule has 4 heteroatoms. The number of likely N-dealkylation sites (tertiary alicyclic amines) is 1. The molecule has 1 aliphatic heterocycles. The maximum absolute atomic E-state index is 5.81. The molecule has 1 fully saturated rings. The smallest absolute Gasteiger partial charge is 0.226 e. The summed E-state index contributed by atoms with van der Waals surface area (Å²) in [5.74, 6) is 0.690. The Morgan fingerprint density at radius 2 is 1.79 bits per heavy atom. The van der Waals surface area contributed by atoms with Crippen molar-refractivity contribution in [3.63, 3.8) is 0 Å². The number of nitrogens with one attached hydrogen (secondary N) is 1. The number of oxazole rings is 1. The van der Waals surface area contributed by atoms with Crippen molar-refractivity contribution in [3.8, 4) is 11.5 Å². The van der Waals surface area contributed by atoms with Gasteiger partial charge in [-0.3, -0.25) is 4.90 Å². The molecule has 1 atom stereocenters. The molecular weight excluding hydrogens is 358 g/mol. The lowest BCUT2D eigenvalue weighted by Crippen LogP contribution is -2.32. The van der Waals surface area contributed by atoms with E-state index in [1.165, 1.54) is 22.8 Å². The largest absolute Gasteiger partial charge is 0.444 e. The number of hydrogen-bond donors (Lipinski definition) is 1. The Labute approximate surface area is 171 Å². The first-order valence-electron chi connectivity index (χ1n) is 10.3. The first-order valence-corrected chi connectivity index (χ1v) is 10.3. The van der Waals surface area contributed by atoms with Gasteiger partial charge in [-0.2, -0.15) is 0 Å². The summed E-state index contributed by atoms with van der Waals surface area (Å²) in [4.78, 5) is 7.25. The van der Waals surface area contributed by atoms with Crippen LogP contribution in [0.1, 0.15) is 17.7 Å². The highest BCUT2D eigenvalue weighted by Gasteiger charge is 2.22. The van der Waals surface area contributed by atoms with Crippen LogP contribution in [-0.4, -0.2) is 29.0 Å². The van der Waals surface area contributed by atoms with Crippen LogP contribution >= 0.6 is 0 Å². The van der Waals surface area contributed by atoms with Gasteiger partial charge in [-0.25, -0.2) is 4.98 Å². The highest BCUT2D eigenvalue weighted by atomic mass is 16.3.